The molecule has 16 nitrogen and oxygen atoms in total. The lowest BCUT2D eigenvalue weighted by atomic mass is 9.49. The number of halogens is 1. The van der Waals surface area contributed by atoms with Gasteiger partial charge in [0, 0.05) is 99.8 Å². The summed E-state index contributed by atoms with van der Waals surface area (Å²) in [5, 5.41) is 15.7. The normalized spacial score (nSPS) is 21.8. The molecule has 2 saturated heterocycles. The molecule has 406 valence electrons. The fourth-order valence-corrected chi connectivity index (χ4v) is 13.2. The summed E-state index contributed by atoms with van der Waals surface area (Å²) in [4.78, 5) is 81.4. The van der Waals surface area contributed by atoms with Gasteiger partial charge in [-0.25, -0.2) is 4.98 Å². The number of nitrogens with one attached hydrogen (secondary N) is 2. The van der Waals surface area contributed by atoms with Crippen LogP contribution in [-0.4, -0.2) is 132 Å². The molecule has 1 unspecified atom stereocenters. The first kappa shape index (κ1) is 56.2. The second-order valence-corrected chi connectivity index (χ2v) is 24.3. The third kappa shape index (κ3) is 12.1. The summed E-state index contributed by atoms with van der Waals surface area (Å²) >= 11 is 7.89. The van der Waals surface area contributed by atoms with Crippen molar-refractivity contribution >= 4 is 58.2 Å². The van der Waals surface area contributed by atoms with Crippen molar-refractivity contribution in [3.8, 4) is 22.3 Å². The largest absolute Gasteiger partial charge is 0.489 e. The Kier molecular flexibility index (Phi) is 16.9. The van der Waals surface area contributed by atoms with Crippen LogP contribution in [0.4, 0.5) is 5.69 Å². The van der Waals surface area contributed by atoms with Crippen LogP contribution >= 0.6 is 22.9 Å². The van der Waals surface area contributed by atoms with E-state index in [0.717, 1.165) is 71.2 Å². The highest BCUT2D eigenvalue weighted by Crippen LogP contribution is 2.59. The van der Waals surface area contributed by atoms with Crippen LogP contribution in [0, 0.1) is 34.5 Å². The first-order valence-electron chi connectivity index (χ1n) is 26.4. The maximum atomic E-state index is 14.4. The van der Waals surface area contributed by atoms with Crippen LogP contribution in [0.2, 0.25) is 5.02 Å². The SMILES string of the molecule is CC(=O)O[C@@H]1CC(C(=O)N[C@@H](C)c2ccc(-c3scnc3C)cc2)N(C(=O)[C@@H](NC(=O)CCCOCCN2CCN(c3ccc4c(c3)CN(C3C(C)(C)C(Oc5ccc(C#N)c(Cl)c5)C3(C)C)C4=O)CC2)C(C)(C)C)C1. The van der Waals surface area contributed by atoms with Gasteiger partial charge in [0.2, 0.25) is 17.7 Å². The third-order valence-electron chi connectivity index (χ3n) is 15.7. The first-order valence-corrected chi connectivity index (χ1v) is 27.7. The number of thiazole rings is 1. The van der Waals surface area contributed by atoms with Crippen molar-refractivity contribution in [2.24, 2.45) is 16.2 Å². The zero-order valence-corrected chi connectivity index (χ0v) is 47.1. The summed E-state index contributed by atoms with van der Waals surface area (Å²) in [7, 11) is 0. The molecule has 8 rings (SSSR count). The predicted molar refractivity (Wildman–Crippen MR) is 293 cm³/mol. The van der Waals surface area contributed by atoms with Crippen LogP contribution in [-0.2, 0) is 35.2 Å². The Balaban J connectivity index is 0.768. The molecule has 3 aliphatic heterocycles. The molecular weight excluding hydrogens is 1000 g/mol. The van der Waals surface area contributed by atoms with Crippen molar-refractivity contribution in [3.63, 3.8) is 0 Å². The van der Waals surface area contributed by atoms with Crippen molar-refractivity contribution in [1.82, 2.24) is 30.3 Å². The number of anilines is 1. The van der Waals surface area contributed by atoms with Gasteiger partial charge in [0.25, 0.3) is 5.91 Å². The van der Waals surface area contributed by atoms with E-state index in [1.54, 1.807) is 29.5 Å². The van der Waals surface area contributed by atoms with E-state index in [1.807, 2.05) is 75.4 Å². The number of esters is 1. The molecule has 4 heterocycles. The molecule has 0 spiro atoms. The molecule has 4 atom stereocenters. The molecule has 1 aliphatic carbocycles. The van der Waals surface area contributed by atoms with Gasteiger partial charge in [-0.15, -0.1) is 11.3 Å². The maximum Gasteiger partial charge on any atom is 0.302 e. The van der Waals surface area contributed by atoms with Crippen LogP contribution in [0.1, 0.15) is 120 Å². The molecule has 4 aliphatic rings. The Hall–Kier alpha value is -6.06. The van der Waals surface area contributed by atoms with Gasteiger partial charge in [0.05, 0.1) is 45.9 Å². The number of likely N-dealkylation sites (tertiary alicyclic amines) is 1. The average molecular weight is 1080 g/mol. The predicted octanol–water partition coefficient (Wildman–Crippen LogP) is 8.34. The number of benzene rings is 3. The second kappa shape index (κ2) is 22.9. The van der Waals surface area contributed by atoms with E-state index >= 15 is 0 Å². The van der Waals surface area contributed by atoms with E-state index in [1.165, 1.54) is 11.8 Å². The smallest absolute Gasteiger partial charge is 0.302 e. The molecule has 4 amide bonds. The molecular formula is C58H73ClN8O8S. The molecule has 2 N–H and O–H groups in total. The Morgan fingerprint density at radius 3 is 2.30 bits per heavy atom. The summed E-state index contributed by atoms with van der Waals surface area (Å²) in [5.41, 5.74) is 6.59. The number of aromatic nitrogens is 1. The average Bonchev–Trinajstić information content (AvgIpc) is 4.13. The van der Waals surface area contributed by atoms with Gasteiger partial charge in [-0.05, 0) is 72.7 Å². The van der Waals surface area contributed by atoms with E-state index in [-0.39, 0.29) is 66.1 Å². The Labute approximate surface area is 456 Å². The summed E-state index contributed by atoms with van der Waals surface area (Å²) in [5.74, 6) is -0.919. The van der Waals surface area contributed by atoms with Crippen molar-refractivity contribution in [2.75, 3.05) is 57.4 Å². The fourth-order valence-electron chi connectivity index (χ4n) is 12.2. The molecule has 76 heavy (non-hydrogen) atoms. The van der Waals surface area contributed by atoms with E-state index in [4.69, 9.17) is 25.8 Å². The zero-order valence-electron chi connectivity index (χ0n) is 45.5. The number of carbonyl (C=O) groups is 5. The topological polar surface area (TPSA) is 187 Å². The summed E-state index contributed by atoms with van der Waals surface area (Å²) in [6.07, 6.45) is -0.0948. The van der Waals surface area contributed by atoms with Gasteiger partial charge in [-0.1, -0.05) is 84.3 Å². The zero-order chi connectivity index (χ0) is 54.9. The van der Waals surface area contributed by atoms with Gasteiger partial charge in [0.1, 0.15) is 36.1 Å². The standard InChI is InChI=1S/C58H73ClN8O8S/c1-35(38-13-15-39(16-14-38)49-36(2)61-34-76-49)62-51(70)47-30-44(74-37(3)68)33-66(47)53(72)50(56(4,5)6)63-48(69)12-11-26-73-27-25-64-21-23-65(24-22-64)42-18-20-45-41(28-42)32-67(52(45)71)54-57(7,8)55(58(54,9)10)75-43-19-17-40(31-60)46(59)29-43/h13-20,28-29,34-35,44,47,50,54-55H,11-12,21-27,30,32-33H2,1-10H3,(H,62,70)(H,63,69)/t35-,44+,47?,50+,54?,55?/m0/s1. The Bertz CT molecular complexity index is 2830. The molecule has 18 heteroatoms. The van der Waals surface area contributed by atoms with Crippen molar-refractivity contribution < 1.29 is 38.2 Å². The number of carbonyl (C=O) groups excluding carboxylic acids is 5. The number of aryl methyl sites for hydroxylation is 1. The molecule has 1 aromatic heterocycles. The molecule has 1 saturated carbocycles. The minimum absolute atomic E-state index is 0.0331. The quantitative estimate of drug-likeness (QED) is 0.0718. The van der Waals surface area contributed by atoms with Crippen LogP contribution in [0.15, 0.2) is 66.2 Å². The van der Waals surface area contributed by atoms with Gasteiger partial charge < -0.3 is 39.5 Å². The van der Waals surface area contributed by atoms with Crippen LogP contribution in [0.5, 0.6) is 5.75 Å². The highest BCUT2D eigenvalue weighted by molar-refractivity contribution is 7.13. The summed E-state index contributed by atoms with van der Waals surface area (Å²) in [6, 6.07) is 19.1. The number of nitrogens with zero attached hydrogens (tertiary/aromatic N) is 6. The van der Waals surface area contributed by atoms with Gasteiger partial charge in [0.15, 0.2) is 0 Å². The van der Waals surface area contributed by atoms with Crippen LogP contribution < -0.4 is 20.3 Å². The minimum atomic E-state index is -0.940. The number of piperazine rings is 1. The number of ether oxygens (including phenoxy) is 3. The summed E-state index contributed by atoms with van der Waals surface area (Å²) < 4.78 is 18.0. The lowest BCUT2D eigenvalue weighted by Crippen LogP contribution is -2.74. The number of hydrogen-bond acceptors (Lipinski definition) is 13. The van der Waals surface area contributed by atoms with Crippen LogP contribution in [0.3, 0.4) is 0 Å². The van der Waals surface area contributed by atoms with E-state index in [0.29, 0.717) is 42.5 Å². The molecule has 4 aromatic rings. The Morgan fingerprint density at radius 1 is 0.961 bits per heavy atom. The molecule has 3 aromatic carbocycles. The van der Waals surface area contributed by atoms with E-state index in [9.17, 15) is 29.2 Å². The Morgan fingerprint density at radius 2 is 1.67 bits per heavy atom. The van der Waals surface area contributed by atoms with Crippen molar-refractivity contribution in [2.45, 2.75) is 131 Å². The fraction of sp³-hybridized carbons (Fsp3) is 0.534. The van der Waals surface area contributed by atoms with E-state index in [2.05, 4.69) is 71.3 Å². The minimum Gasteiger partial charge on any atom is -0.489 e. The highest BCUT2D eigenvalue weighted by Gasteiger charge is 2.67. The third-order valence-corrected chi connectivity index (χ3v) is 17.0. The van der Waals surface area contributed by atoms with Gasteiger partial charge >= 0.3 is 5.97 Å². The second-order valence-electron chi connectivity index (χ2n) is 23.1. The number of nitriles is 1. The first-order chi connectivity index (χ1) is 36.0. The number of rotatable bonds is 18. The molecule has 0 bridgehead atoms. The van der Waals surface area contributed by atoms with Gasteiger partial charge in [-0.3, -0.25) is 28.9 Å². The van der Waals surface area contributed by atoms with E-state index < -0.39 is 35.5 Å². The summed E-state index contributed by atoms with van der Waals surface area (Å²) in [6.45, 7) is 25.0. The lowest BCUT2D eigenvalue weighted by Gasteiger charge is -2.65. The van der Waals surface area contributed by atoms with Crippen molar-refractivity contribution in [1.29, 1.82) is 5.26 Å². The number of hydrogen-bond donors (Lipinski definition) is 2. The number of fused-ring (bicyclic) bond motifs is 1. The van der Waals surface area contributed by atoms with Crippen LogP contribution in [0.25, 0.3) is 10.4 Å². The van der Waals surface area contributed by atoms with Crippen molar-refractivity contribution in [3.05, 3.63) is 99.1 Å². The number of amides is 4. The molecule has 3 fully saturated rings. The monoisotopic (exact) mass is 1080 g/mol. The molecule has 0 radical (unpaired) electrons. The highest BCUT2D eigenvalue weighted by atomic mass is 35.5. The lowest BCUT2D eigenvalue weighted by molar-refractivity contribution is -0.199. The maximum absolute atomic E-state index is 14.4. The van der Waals surface area contributed by atoms with Gasteiger partial charge in [-0.2, -0.15) is 5.26 Å².